The normalized spacial score (nSPS) is 10.0. The number of thiazole rings is 1. The van der Waals surface area contributed by atoms with Crippen molar-refractivity contribution in [3.05, 3.63) is 40.7 Å². The Bertz CT molecular complexity index is 528. The number of nitrogens with zero attached hydrogens (tertiary/aromatic N) is 3. The van der Waals surface area contributed by atoms with Crippen LogP contribution < -0.4 is 0 Å². The summed E-state index contributed by atoms with van der Waals surface area (Å²) in [7, 11) is 0. The SMILES string of the molecule is Cc1csc(SCc2ccnc(C#N)c2)n1. The lowest BCUT2D eigenvalue weighted by atomic mass is 10.2. The number of nitriles is 1. The molecule has 0 amide bonds. The second-order valence-corrected chi connectivity index (χ2v) is 5.29. The largest absolute Gasteiger partial charge is 0.246 e. The van der Waals surface area contributed by atoms with E-state index >= 15 is 0 Å². The standard InChI is InChI=1S/C11H9N3S2/c1-8-6-15-11(14-8)16-7-9-2-3-13-10(4-9)5-12/h2-4,6H,7H2,1H3. The molecule has 0 atom stereocenters. The Hall–Kier alpha value is -1.38. The van der Waals surface area contributed by atoms with Crippen LogP contribution in [-0.4, -0.2) is 9.97 Å². The zero-order valence-corrected chi connectivity index (χ0v) is 10.3. The summed E-state index contributed by atoms with van der Waals surface area (Å²) in [6.07, 6.45) is 1.67. The first-order chi connectivity index (χ1) is 7.78. The number of aromatic nitrogens is 2. The molecule has 0 saturated carbocycles. The minimum Gasteiger partial charge on any atom is -0.246 e. The highest BCUT2D eigenvalue weighted by Gasteiger charge is 2.01. The van der Waals surface area contributed by atoms with E-state index in [-0.39, 0.29) is 0 Å². The molecule has 0 aliphatic carbocycles. The van der Waals surface area contributed by atoms with Crippen molar-refractivity contribution in [3.63, 3.8) is 0 Å². The van der Waals surface area contributed by atoms with Crippen molar-refractivity contribution in [2.24, 2.45) is 0 Å². The average molecular weight is 247 g/mol. The number of pyridine rings is 1. The van der Waals surface area contributed by atoms with Gasteiger partial charge < -0.3 is 0 Å². The van der Waals surface area contributed by atoms with E-state index in [1.165, 1.54) is 0 Å². The lowest BCUT2D eigenvalue weighted by Gasteiger charge is -1.98. The van der Waals surface area contributed by atoms with Crippen LogP contribution in [-0.2, 0) is 5.75 Å². The van der Waals surface area contributed by atoms with Crippen molar-refractivity contribution in [2.45, 2.75) is 17.0 Å². The maximum atomic E-state index is 8.72. The Kier molecular flexibility index (Phi) is 3.54. The van der Waals surface area contributed by atoms with Crippen LogP contribution in [0.1, 0.15) is 17.0 Å². The fraction of sp³-hybridized carbons (Fsp3) is 0.182. The van der Waals surface area contributed by atoms with Crippen LogP contribution in [0.4, 0.5) is 0 Å². The van der Waals surface area contributed by atoms with Gasteiger partial charge in [0.1, 0.15) is 16.1 Å². The van der Waals surface area contributed by atoms with Gasteiger partial charge in [-0.1, -0.05) is 11.8 Å². The summed E-state index contributed by atoms with van der Waals surface area (Å²) < 4.78 is 1.06. The molecule has 0 aliphatic heterocycles. The summed E-state index contributed by atoms with van der Waals surface area (Å²) >= 11 is 3.33. The molecule has 80 valence electrons. The fourth-order valence-electron chi connectivity index (χ4n) is 1.17. The molecule has 0 saturated heterocycles. The number of hydrogen-bond donors (Lipinski definition) is 0. The monoisotopic (exact) mass is 247 g/mol. The van der Waals surface area contributed by atoms with E-state index in [4.69, 9.17) is 5.26 Å². The number of hydrogen-bond acceptors (Lipinski definition) is 5. The van der Waals surface area contributed by atoms with Gasteiger partial charge in [-0.25, -0.2) is 9.97 Å². The van der Waals surface area contributed by atoms with E-state index in [1.807, 2.05) is 30.5 Å². The highest BCUT2D eigenvalue weighted by molar-refractivity contribution is 8.00. The van der Waals surface area contributed by atoms with Crippen molar-refractivity contribution in [1.29, 1.82) is 5.26 Å². The zero-order valence-electron chi connectivity index (χ0n) is 8.67. The summed E-state index contributed by atoms with van der Waals surface area (Å²) in [6.45, 7) is 1.99. The summed E-state index contributed by atoms with van der Waals surface area (Å²) in [5.74, 6) is 0.824. The maximum absolute atomic E-state index is 8.72. The molecule has 0 bridgehead atoms. The van der Waals surface area contributed by atoms with E-state index in [2.05, 4.69) is 9.97 Å². The second-order valence-electron chi connectivity index (χ2n) is 3.20. The molecule has 2 aromatic heterocycles. The van der Waals surface area contributed by atoms with E-state index in [0.29, 0.717) is 5.69 Å². The first-order valence-electron chi connectivity index (χ1n) is 4.68. The molecule has 16 heavy (non-hydrogen) atoms. The number of thioether (sulfide) groups is 1. The molecule has 0 spiro atoms. The third-order valence-electron chi connectivity index (χ3n) is 1.90. The second kappa shape index (κ2) is 5.10. The molecule has 0 radical (unpaired) electrons. The molecule has 5 heteroatoms. The highest BCUT2D eigenvalue weighted by Crippen LogP contribution is 2.25. The third-order valence-corrected chi connectivity index (χ3v) is 4.11. The molecule has 2 heterocycles. The van der Waals surface area contributed by atoms with Gasteiger partial charge >= 0.3 is 0 Å². The van der Waals surface area contributed by atoms with Gasteiger partial charge in [-0.3, -0.25) is 0 Å². The van der Waals surface area contributed by atoms with Gasteiger partial charge in [-0.05, 0) is 24.6 Å². The van der Waals surface area contributed by atoms with Crippen LogP contribution in [0.5, 0.6) is 0 Å². The van der Waals surface area contributed by atoms with Crippen molar-refractivity contribution in [1.82, 2.24) is 9.97 Å². The van der Waals surface area contributed by atoms with E-state index in [1.54, 1.807) is 29.3 Å². The Balaban J connectivity index is 2.02. The van der Waals surface area contributed by atoms with E-state index < -0.39 is 0 Å². The van der Waals surface area contributed by atoms with Crippen molar-refractivity contribution >= 4 is 23.1 Å². The van der Waals surface area contributed by atoms with Gasteiger partial charge in [0, 0.05) is 23.0 Å². The predicted octanol–water partition coefficient (Wildman–Crippen LogP) is 3.01. The molecule has 0 aliphatic rings. The fourth-order valence-corrected chi connectivity index (χ4v) is 2.96. The van der Waals surface area contributed by atoms with E-state index in [0.717, 1.165) is 21.3 Å². The molecule has 0 aromatic carbocycles. The van der Waals surface area contributed by atoms with Crippen molar-refractivity contribution in [3.8, 4) is 6.07 Å². The highest BCUT2D eigenvalue weighted by atomic mass is 32.2. The molecule has 0 unspecified atom stereocenters. The van der Waals surface area contributed by atoms with Gasteiger partial charge in [-0.2, -0.15) is 5.26 Å². The van der Waals surface area contributed by atoms with E-state index in [9.17, 15) is 0 Å². The molecular weight excluding hydrogens is 238 g/mol. The Morgan fingerprint density at radius 3 is 3.12 bits per heavy atom. The molecule has 2 rings (SSSR count). The lowest BCUT2D eigenvalue weighted by molar-refractivity contribution is 1.15. The van der Waals surface area contributed by atoms with Crippen LogP contribution in [0.25, 0.3) is 0 Å². The zero-order chi connectivity index (χ0) is 11.4. The lowest BCUT2D eigenvalue weighted by Crippen LogP contribution is -1.86. The van der Waals surface area contributed by atoms with Crippen LogP contribution in [0, 0.1) is 18.3 Å². The van der Waals surface area contributed by atoms with Crippen molar-refractivity contribution < 1.29 is 0 Å². The molecule has 3 nitrogen and oxygen atoms in total. The Morgan fingerprint density at radius 1 is 1.56 bits per heavy atom. The Labute approximate surface area is 102 Å². The smallest absolute Gasteiger partial charge is 0.150 e. The molecule has 0 fully saturated rings. The first-order valence-corrected chi connectivity index (χ1v) is 6.54. The van der Waals surface area contributed by atoms with Crippen LogP contribution >= 0.6 is 23.1 Å². The molecule has 2 aromatic rings. The predicted molar refractivity (Wildman–Crippen MR) is 65.4 cm³/mol. The summed E-state index contributed by atoms with van der Waals surface area (Å²) in [5, 5.41) is 10.8. The third kappa shape index (κ3) is 2.81. The minimum absolute atomic E-state index is 0.466. The van der Waals surface area contributed by atoms with Gasteiger partial charge in [0.25, 0.3) is 0 Å². The Morgan fingerprint density at radius 2 is 2.44 bits per heavy atom. The van der Waals surface area contributed by atoms with Crippen LogP contribution in [0.2, 0.25) is 0 Å². The van der Waals surface area contributed by atoms with Crippen molar-refractivity contribution in [2.75, 3.05) is 0 Å². The molecular formula is C11H9N3S2. The first kappa shape index (κ1) is 11.1. The van der Waals surface area contributed by atoms with Crippen LogP contribution in [0.3, 0.4) is 0 Å². The minimum atomic E-state index is 0.466. The maximum Gasteiger partial charge on any atom is 0.150 e. The summed E-state index contributed by atoms with van der Waals surface area (Å²) in [6, 6.07) is 5.77. The van der Waals surface area contributed by atoms with Gasteiger partial charge in [-0.15, -0.1) is 11.3 Å². The van der Waals surface area contributed by atoms with Crippen LogP contribution in [0.15, 0.2) is 28.0 Å². The number of aryl methyl sites for hydroxylation is 1. The van der Waals surface area contributed by atoms with Gasteiger partial charge in [0.05, 0.1) is 0 Å². The van der Waals surface area contributed by atoms with Gasteiger partial charge in [0.15, 0.2) is 0 Å². The summed E-state index contributed by atoms with van der Waals surface area (Å²) in [4.78, 5) is 8.30. The quantitative estimate of drug-likeness (QED) is 0.782. The number of rotatable bonds is 3. The average Bonchev–Trinajstić information content (AvgIpc) is 2.73. The molecule has 0 N–H and O–H groups in total. The van der Waals surface area contributed by atoms with Gasteiger partial charge in [0.2, 0.25) is 0 Å². The topological polar surface area (TPSA) is 49.6 Å². The summed E-state index contributed by atoms with van der Waals surface area (Å²) in [5.41, 5.74) is 2.62.